The lowest BCUT2D eigenvalue weighted by Gasteiger charge is -2.37. The third-order valence-corrected chi connectivity index (χ3v) is 4.55. The van der Waals surface area contributed by atoms with E-state index in [4.69, 9.17) is 25.8 Å². The zero-order chi connectivity index (χ0) is 15.5. The molecule has 2 saturated heterocycles. The fourth-order valence-electron chi connectivity index (χ4n) is 3.27. The number of nitrogens with one attached hydrogen (secondary N) is 1. The van der Waals surface area contributed by atoms with Gasteiger partial charge in [0.1, 0.15) is 0 Å². The zero-order valence-corrected chi connectivity index (χ0v) is 15.1. The van der Waals surface area contributed by atoms with Gasteiger partial charge >= 0.3 is 0 Å². The maximum atomic E-state index is 6.34. The Morgan fingerprint density at radius 1 is 1.39 bits per heavy atom. The van der Waals surface area contributed by atoms with Crippen molar-refractivity contribution in [3.8, 4) is 11.5 Å². The van der Waals surface area contributed by atoms with Crippen molar-refractivity contribution in [2.75, 3.05) is 40.0 Å². The second-order valence-corrected chi connectivity index (χ2v) is 6.05. The van der Waals surface area contributed by atoms with Crippen LogP contribution in [0.4, 0.5) is 0 Å². The summed E-state index contributed by atoms with van der Waals surface area (Å²) in [6.45, 7) is 7.03. The Balaban J connectivity index is 0.00000192. The van der Waals surface area contributed by atoms with E-state index in [0.29, 0.717) is 35.3 Å². The van der Waals surface area contributed by atoms with Crippen molar-refractivity contribution >= 4 is 24.0 Å². The molecule has 2 fully saturated rings. The predicted molar refractivity (Wildman–Crippen MR) is 93.2 cm³/mol. The fourth-order valence-corrected chi connectivity index (χ4v) is 3.58. The maximum absolute atomic E-state index is 6.34. The van der Waals surface area contributed by atoms with Crippen molar-refractivity contribution in [3.05, 3.63) is 22.7 Å². The Morgan fingerprint density at radius 3 is 2.96 bits per heavy atom. The molecule has 7 heteroatoms. The molecule has 5 nitrogen and oxygen atoms in total. The van der Waals surface area contributed by atoms with Gasteiger partial charge in [0.25, 0.3) is 0 Å². The molecule has 0 bridgehead atoms. The van der Waals surface area contributed by atoms with Gasteiger partial charge in [-0.3, -0.25) is 4.90 Å². The minimum atomic E-state index is 0. The van der Waals surface area contributed by atoms with Crippen LogP contribution >= 0.6 is 24.0 Å². The number of methoxy groups -OCH3 is 1. The normalized spacial score (nSPS) is 24.0. The Labute approximate surface area is 148 Å². The molecule has 0 unspecified atom stereocenters. The number of ether oxygens (including phenoxy) is 3. The van der Waals surface area contributed by atoms with Crippen LogP contribution in [-0.4, -0.2) is 57.0 Å². The van der Waals surface area contributed by atoms with Crippen LogP contribution in [-0.2, 0) is 11.3 Å². The van der Waals surface area contributed by atoms with Crippen molar-refractivity contribution in [1.82, 2.24) is 10.2 Å². The van der Waals surface area contributed by atoms with E-state index in [9.17, 15) is 0 Å². The van der Waals surface area contributed by atoms with E-state index >= 15 is 0 Å². The van der Waals surface area contributed by atoms with Crippen LogP contribution in [0, 0.1) is 0 Å². The number of benzene rings is 1. The molecule has 0 saturated carbocycles. The van der Waals surface area contributed by atoms with E-state index < -0.39 is 0 Å². The predicted octanol–water partition coefficient (Wildman–Crippen LogP) is 2.34. The largest absolute Gasteiger partial charge is 0.491 e. The van der Waals surface area contributed by atoms with Gasteiger partial charge in [-0.25, -0.2) is 0 Å². The van der Waals surface area contributed by atoms with Gasteiger partial charge in [0.05, 0.1) is 31.5 Å². The summed E-state index contributed by atoms with van der Waals surface area (Å²) >= 11 is 6.34. The SMILES string of the molecule is CCOc1cc(CN2CCO[C@H]3CNC[C@H]32)cc(Cl)c1OC.Cl. The average molecular weight is 363 g/mol. The summed E-state index contributed by atoms with van der Waals surface area (Å²) in [5, 5.41) is 4.00. The molecule has 0 amide bonds. The first-order chi connectivity index (χ1) is 10.7. The monoisotopic (exact) mass is 362 g/mol. The van der Waals surface area contributed by atoms with E-state index in [0.717, 1.165) is 38.3 Å². The molecule has 1 N–H and O–H groups in total. The molecule has 2 heterocycles. The number of hydrogen-bond acceptors (Lipinski definition) is 5. The topological polar surface area (TPSA) is 43.0 Å². The Hall–Kier alpha value is -0.720. The summed E-state index contributed by atoms with van der Waals surface area (Å²) in [7, 11) is 1.61. The second kappa shape index (κ2) is 8.40. The Morgan fingerprint density at radius 2 is 2.22 bits per heavy atom. The molecule has 2 atom stereocenters. The summed E-state index contributed by atoms with van der Waals surface area (Å²) in [5.41, 5.74) is 1.14. The summed E-state index contributed by atoms with van der Waals surface area (Å²) in [5.74, 6) is 1.32. The molecule has 1 aromatic carbocycles. The van der Waals surface area contributed by atoms with Crippen molar-refractivity contribution < 1.29 is 14.2 Å². The van der Waals surface area contributed by atoms with Gasteiger partial charge in [-0.1, -0.05) is 11.6 Å². The van der Waals surface area contributed by atoms with Gasteiger partial charge in [0.2, 0.25) is 0 Å². The summed E-state index contributed by atoms with van der Waals surface area (Å²) in [4.78, 5) is 2.46. The highest BCUT2D eigenvalue weighted by Gasteiger charge is 2.35. The maximum Gasteiger partial charge on any atom is 0.179 e. The van der Waals surface area contributed by atoms with Gasteiger partial charge in [-0.15, -0.1) is 12.4 Å². The lowest BCUT2D eigenvalue weighted by atomic mass is 10.1. The van der Waals surface area contributed by atoms with Crippen LogP contribution in [0.15, 0.2) is 12.1 Å². The highest BCUT2D eigenvalue weighted by atomic mass is 35.5. The number of halogens is 2. The van der Waals surface area contributed by atoms with E-state index in [1.807, 2.05) is 19.1 Å². The van der Waals surface area contributed by atoms with Crippen molar-refractivity contribution in [2.24, 2.45) is 0 Å². The lowest BCUT2D eigenvalue weighted by molar-refractivity contribution is -0.0500. The average Bonchev–Trinajstić information content (AvgIpc) is 2.97. The lowest BCUT2D eigenvalue weighted by Crippen LogP contribution is -2.50. The van der Waals surface area contributed by atoms with E-state index in [2.05, 4.69) is 10.2 Å². The molecule has 3 rings (SSSR count). The molecule has 23 heavy (non-hydrogen) atoms. The number of rotatable bonds is 5. The number of morpholine rings is 1. The Bertz CT molecular complexity index is 530. The van der Waals surface area contributed by atoms with Crippen LogP contribution in [0.2, 0.25) is 5.02 Å². The summed E-state index contributed by atoms with van der Waals surface area (Å²) in [6, 6.07) is 4.43. The quantitative estimate of drug-likeness (QED) is 0.870. The van der Waals surface area contributed by atoms with Crippen LogP contribution < -0.4 is 14.8 Å². The first-order valence-electron chi connectivity index (χ1n) is 7.78. The van der Waals surface area contributed by atoms with Gasteiger partial charge in [-0.2, -0.15) is 0 Å². The van der Waals surface area contributed by atoms with Crippen LogP contribution in [0.25, 0.3) is 0 Å². The first kappa shape index (κ1) is 18.6. The summed E-state index contributed by atoms with van der Waals surface area (Å²) in [6.07, 6.45) is 0.300. The van der Waals surface area contributed by atoms with Crippen molar-refractivity contribution in [2.45, 2.75) is 25.6 Å². The van der Waals surface area contributed by atoms with Gasteiger partial charge in [0.15, 0.2) is 11.5 Å². The number of nitrogens with zero attached hydrogens (tertiary/aromatic N) is 1. The van der Waals surface area contributed by atoms with Crippen molar-refractivity contribution in [1.29, 1.82) is 0 Å². The van der Waals surface area contributed by atoms with Crippen LogP contribution in [0.1, 0.15) is 12.5 Å². The highest BCUT2D eigenvalue weighted by Crippen LogP contribution is 2.37. The third kappa shape index (κ3) is 4.03. The molecular weight excluding hydrogens is 339 g/mol. The molecule has 0 aliphatic carbocycles. The molecule has 1 aromatic rings. The smallest absolute Gasteiger partial charge is 0.179 e. The number of fused-ring (bicyclic) bond motifs is 1. The molecule has 130 valence electrons. The molecule has 0 spiro atoms. The molecule has 2 aliphatic rings. The van der Waals surface area contributed by atoms with Gasteiger partial charge in [0, 0.05) is 32.2 Å². The summed E-state index contributed by atoms with van der Waals surface area (Å²) < 4.78 is 16.8. The van der Waals surface area contributed by atoms with Crippen LogP contribution in [0.5, 0.6) is 11.5 Å². The van der Waals surface area contributed by atoms with E-state index in [1.54, 1.807) is 7.11 Å². The van der Waals surface area contributed by atoms with Crippen molar-refractivity contribution in [3.63, 3.8) is 0 Å². The minimum Gasteiger partial charge on any atom is -0.491 e. The van der Waals surface area contributed by atoms with Crippen LogP contribution in [0.3, 0.4) is 0 Å². The highest BCUT2D eigenvalue weighted by molar-refractivity contribution is 6.32. The van der Waals surface area contributed by atoms with Gasteiger partial charge in [-0.05, 0) is 24.6 Å². The first-order valence-corrected chi connectivity index (χ1v) is 8.16. The number of hydrogen-bond donors (Lipinski definition) is 1. The minimum absolute atomic E-state index is 0. The third-order valence-electron chi connectivity index (χ3n) is 4.27. The Kier molecular flexibility index (Phi) is 6.80. The van der Waals surface area contributed by atoms with E-state index in [1.165, 1.54) is 0 Å². The molecule has 0 radical (unpaired) electrons. The second-order valence-electron chi connectivity index (χ2n) is 5.65. The zero-order valence-electron chi connectivity index (χ0n) is 13.5. The van der Waals surface area contributed by atoms with Gasteiger partial charge < -0.3 is 19.5 Å². The van der Waals surface area contributed by atoms with E-state index in [-0.39, 0.29) is 12.4 Å². The molecule has 0 aromatic heterocycles. The molecular formula is C16H24Cl2N2O3. The molecule has 2 aliphatic heterocycles. The fraction of sp³-hybridized carbons (Fsp3) is 0.625. The standard InChI is InChI=1S/C16H23ClN2O3.ClH/c1-3-21-14-7-11(6-12(17)16(14)20-2)10-19-4-5-22-15-9-18-8-13(15)19;/h6-7,13,15,18H,3-5,8-10H2,1-2H3;1H/t13-,15+;/m1./s1.